The summed E-state index contributed by atoms with van der Waals surface area (Å²) in [4.78, 5) is 32.4. The van der Waals surface area contributed by atoms with Crippen molar-refractivity contribution in [3.63, 3.8) is 0 Å². The number of fused-ring (bicyclic) bond motifs is 12. The number of aromatic nitrogens is 6. The van der Waals surface area contributed by atoms with Crippen molar-refractivity contribution in [1.82, 2.24) is 29.9 Å². The summed E-state index contributed by atoms with van der Waals surface area (Å²) in [6.07, 6.45) is 4.29. The molecular formula is C103H78N6O2. The van der Waals surface area contributed by atoms with Gasteiger partial charge in [-0.05, 0) is 201 Å². The molecule has 0 aliphatic heterocycles. The molecule has 4 aromatic heterocycles. The van der Waals surface area contributed by atoms with Crippen LogP contribution in [0.2, 0.25) is 0 Å². The molecule has 15 aromatic carbocycles. The summed E-state index contributed by atoms with van der Waals surface area (Å²) in [6.45, 7) is 16.8. The molecule has 111 heavy (non-hydrogen) atoms. The van der Waals surface area contributed by atoms with Gasteiger partial charge < -0.3 is 8.83 Å². The van der Waals surface area contributed by atoms with Gasteiger partial charge in [0.15, 0.2) is 34.9 Å². The average molecular weight is 1430 g/mol. The zero-order chi connectivity index (χ0) is 74.7. The molecule has 0 amide bonds. The van der Waals surface area contributed by atoms with Crippen LogP contribution in [0.5, 0.6) is 0 Å². The van der Waals surface area contributed by atoms with Gasteiger partial charge in [-0.3, -0.25) is 0 Å². The third kappa shape index (κ3) is 10.9. The third-order valence-electron chi connectivity index (χ3n) is 24.9. The van der Waals surface area contributed by atoms with Crippen LogP contribution in [0.4, 0.5) is 0 Å². The molecular weight excluding hydrogens is 1350 g/mol. The van der Waals surface area contributed by atoms with Crippen molar-refractivity contribution < 1.29 is 8.83 Å². The Balaban J connectivity index is 0.622. The maximum atomic E-state index is 6.42. The van der Waals surface area contributed by atoms with Crippen molar-refractivity contribution in [2.45, 2.75) is 95.8 Å². The molecule has 0 spiro atoms. The standard InChI is InChI=1S/C103H78N6O2/c1-100(2)52-53-101(3,4)86-60-70(44-50-84(86)100)97-105-96(108-99(109-97)81-49-47-77(73-23-11-13-25-75(73)81)79-29-19-33-91-93(79)83-27-15-17-31-89(83)111-91)69-41-39-66-58-71(45-42-65(66)57-69)103(7)55-54-102(5,6)87-59-67(43-51-85(87)103)62-34-37-63(38-35-62)94-104-95(68-40-36-61-20-8-9-21-64(61)56-68)107-98(106-94)80-48-46-76(72-22-10-12-24-74(72)80)78-28-18-32-90-92(78)82-26-14-16-30-88(82)110-90/h8-51,56-60H,52-55H2,1-7H3. The van der Waals surface area contributed by atoms with E-state index in [4.69, 9.17) is 38.7 Å². The van der Waals surface area contributed by atoms with Crippen molar-refractivity contribution in [3.05, 3.63) is 325 Å². The van der Waals surface area contributed by atoms with E-state index < -0.39 is 0 Å². The summed E-state index contributed by atoms with van der Waals surface area (Å²) in [5.41, 5.74) is 22.5. The van der Waals surface area contributed by atoms with Crippen molar-refractivity contribution in [1.29, 1.82) is 0 Å². The smallest absolute Gasteiger partial charge is 0.164 e. The molecule has 0 saturated heterocycles. The SMILES string of the molecule is CC1(C)CCC(C)(C)c2cc(-c3nc(-c4ccc5cc(C6(C)CCC(C)(C)c7cc(-c8ccc(-c9nc(-c%10ccc%11ccccc%11c%10)nc(-c%10ccc(-c%11cccc%12oc%13ccccc%13c%11%12)c%11ccccc%10%11)n9)cc8)ccc76)ccc5c4)nc(-c4ccc(-c5cccc6oc7ccccc7c56)c5ccccc45)n3)ccc21. The van der Waals surface area contributed by atoms with Gasteiger partial charge >= 0.3 is 0 Å². The van der Waals surface area contributed by atoms with E-state index in [1.165, 1.54) is 38.8 Å². The highest BCUT2D eigenvalue weighted by Gasteiger charge is 2.42. The second kappa shape index (κ2) is 25.0. The zero-order valence-electron chi connectivity index (χ0n) is 63.1. The van der Waals surface area contributed by atoms with Crippen LogP contribution in [-0.4, -0.2) is 29.9 Å². The Bertz CT molecular complexity index is 7100. The van der Waals surface area contributed by atoms with E-state index in [2.05, 4.69) is 321 Å². The van der Waals surface area contributed by atoms with Crippen LogP contribution < -0.4 is 0 Å². The Hall–Kier alpha value is -13.0. The Morgan fingerprint density at radius 3 is 1.15 bits per heavy atom. The van der Waals surface area contributed by atoms with E-state index in [0.29, 0.717) is 34.9 Å². The molecule has 0 N–H and O–H groups in total. The van der Waals surface area contributed by atoms with Crippen molar-refractivity contribution in [2.24, 2.45) is 0 Å². The van der Waals surface area contributed by atoms with Crippen molar-refractivity contribution >= 4 is 87.0 Å². The molecule has 1 atom stereocenters. The van der Waals surface area contributed by atoms with Gasteiger partial charge in [-0.1, -0.05) is 291 Å². The minimum Gasteiger partial charge on any atom is -0.456 e. The fourth-order valence-electron chi connectivity index (χ4n) is 18.5. The summed E-state index contributed by atoms with van der Waals surface area (Å²) >= 11 is 0. The number of furan rings is 2. The highest BCUT2D eigenvalue weighted by Crippen LogP contribution is 2.53. The van der Waals surface area contributed by atoms with E-state index in [-0.39, 0.29) is 21.7 Å². The van der Waals surface area contributed by atoms with Gasteiger partial charge in [0, 0.05) is 60.3 Å². The Morgan fingerprint density at radius 1 is 0.225 bits per heavy atom. The fraction of sp³-hybridized carbons (Fsp3) is 0.146. The monoisotopic (exact) mass is 1430 g/mol. The highest BCUT2D eigenvalue weighted by molar-refractivity contribution is 6.18. The number of hydrogen-bond acceptors (Lipinski definition) is 8. The van der Waals surface area contributed by atoms with Crippen LogP contribution in [0.1, 0.15) is 102 Å². The molecule has 0 saturated carbocycles. The maximum Gasteiger partial charge on any atom is 0.164 e. The molecule has 0 bridgehead atoms. The van der Waals surface area contributed by atoms with Gasteiger partial charge in [0.05, 0.1) is 0 Å². The molecule has 2 aliphatic rings. The zero-order valence-corrected chi connectivity index (χ0v) is 63.1. The average Bonchev–Trinajstić information content (AvgIpc) is 1.06. The van der Waals surface area contributed by atoms with E-state index in [1.54, 1.807) is 0 Å². The van der Waals surface area contributed by atoms with Crippen LogP contribution in [0, 0.1) is 0 Å². The van der Waals surface area contributed by atoms with Gasteiger partial charge in [0.1, 0.15) is 22.3 Å². The lowest BCUT2D eigenvalue weighted by Crippen LogP contribution is -2.36. The molecule has 4 heterocycles. The quantitative estimate of drug-likeness (QED) is 0.133. The van der Waals surface area contributed by atoms with Crippen LogP contribution in [0.3, 0.4) is 0 Å². The van der Waals surface area contributed by atoms with E-state index in [1.807, 2.05) is 24.3 Å². The molecule has 532 valence electrons. The lowest BCUT2D eigenvalue weighted by molar-refractivity contribution is 0.332. The summed E-state index contributed by atoms with van der Waals surface area (Å²) in [6, 6.07) is 107. The van der Waals surface area contributed by atoms with Gasteiger partial charge in [-0.15, -0.1) is 0 Å². The predicted octanol–water partition coefficient (Wildman–Crippen LogP) is 27.2. The van der Waals surface area contributed by atoms with Crippen molar-refractivity contribution in [2.75, 3.05) is 0 Å². The van der Waals surface area contributed by atoms with Gasteiger partial charge in [0.2, 0.25) is 0 Å². The van der Waals surface area contributed by atoms with E-state index in [9.17, 15) is 0 Å². The molecule has 1 unspecified atom stereocenters. The van der Waals surface area contributed by atoms with Gasteiger partial charge in [-0.25, -0.2) is 29.9 Å². The molecule has 0 fully saturated rings. The second-order valence-electron chi connectivity index (χ2n) is 33.0. The van der Waals surface area contributed by atoms with E-state index >= 15 is 0 Å². The first kappa shape index (κ1) is 66.2. The lowest BCUT2D eigenvalue weighted by atomic mass is 9.59. The first-order chi connectivity index (χ1) is 54.0. The Labute approximate surface area is 644 Å². The third-order valence-corrected chi connectivity index (χ3v) is 24.9. The topological polar surface area (TPSA) is 104 Å². The Morgan fingerprint density at radius 2 is 0.586 bits per heavy atom. The summed E-state index contributed by atoms with van der Waals surface area (Å²) in [5, 5.41) is 13.3. The molecule has 8 heteroatoms. The van der Waals surface area contributed by atoms with Crippen LogP contribution >= 0.6 is 0 Å². The van der Waals surface area contributed by atoms with Crippen LogP contribution in [-0.2, 0) is 21.7 Å². The maximum absolute atomic E-state index is 6.42. The molecule has 0 radical (unpaired) electrons. The predicted molar refractivity (Wildman–Crippen MR) is 457 cm³/mol. The van der Waals surface area contributed by atoms with Gasteiger partial charge in [0.25, 0.3) is 0 Å². The molecule has 21 rings (SSSR count). The molecule has 2 aliphatic carbocycles. The second-order valence-corrected chi connectivity index (χ2v) is 33.0. The number of benzene rings is 15. The minimum absolute atomic E-state index is 0.00304. The van der Waals surface area contributed by atoms with E-state index in [0.717, 1.165) is 168 Å². The number of para-hydroxylation sites is 2. The first-order valence-electron chi connectivity index (χ1n) is 38.9. The highest BCUT2D eigenvalue weighted by atomic mass is 16.3. The van der Waals surface area contributed by atoms with Crippen LogP contribution in [0.25, 0.3) is 189 Å². The fourth-order valence-corrected chi connectivity index (χ4v) is 18.5. The summed E-state index contributed by atoms with van der Waals surface area (Å²) in [5.74, 6) is 3.75. The number of rotatable bonds is 10. The Kier molecular flexibility index (Phi) is 14.9. The first-order valence-corrected chi connectivity index (χ1v) is 38.9. The normalized spacial score (nSPS) is 15.8. The minimum atomic E-state index is -0.249. The molecule has 19 aromatic rings. The summed E-state index contributed by atoms with van der Waals surface area (Å²) in [7, 11) is 0. The lowest BCUT2D eigenvalue weighted by Gasteiger charge is -2.44. The number of hydrogen-bond donors (Lipinski definition) is 0. The summed E-state index contributed by atoms with van der Waals surface area (Å²) < 4.78 is 12.8. The largest absolute Gasteiger partial charge is 0.456 e. The van der Waals surface area contributed by atoms with Crippen molar-refractivity contribution in [3.8, 4) is 102 Å². The van der Waals surface area contributed by atoms with Gasteiger partial charge in [-0.2, -0.15) is 0 Å². The van der Waals surface area contributed by atoms with Crippen LogP contribution in [0.15, 0.2) is 306 Å². The molecule has 8 nitrogen and oxygen atoms in total. The number of nitrogens with zero attached hydrogens (tertiary/aromatic N) is 6.